The van der Waals surface area contributed by atoms with E-state index in [0.717, 1.165) is 31.6 Å². The number of aromatic nitrogens is 1. The maximum atomic E-state index is 4.74. The Morgan fingerprint density at radius 2 is 2.44 bits per heavy atom. The second-order valence-electron chi connectivity index (χ2n) is 5.67. The van der Waals surface area contributed by atoms with Crippen molar-refractivity contribution in [3.05, 3.63) is 16.1 Å². The minimum atomic E-state index is 0.860. The topological polar surface area (TPSA) is 28.2 Å². The van der Waals surface area contributed by atoms with Gasteiger partial charge < -0.3 is 5.32 Å². The quantitative estimate of drug-likeness (QED) is 0.802. The molecule has 2 atom stereocenters. The van der Waals surface area contributed by atoms with Gasteiger partial charge in [0.25, 0.3) is 0 Å². The summed E-state index contributed by atoms with van der Waals surface area (Å²) in [5, 5.41) is 6.90. The van der Waals surface area contributed by atoms with Crippen LogP contribution < -0.4 is 5.32 Å². The Morgan fingerprint density at radius 1 is 1.50 bits per heavy atom. The molecule has 18 heavy (non-hydrogen) atoms. The lowest BCUT2D eigenvalue weighted by Gasteiger charge is -2.25. The van der Waals surface area contributed by atoms with Gasteiger partial charge in [0, 0.05) is 31.1 Å². The Balaban J connectivity index is 1.51. The largest absolute Gasteiger partial charge is 0.310 e. The molecule has 1 saturated heterocycles. The highest BCUT2D eigenvalue weighted by Gasteiger charge is 2.37. The van der Waals surface area contributed by atoms with Gasteiger partial charge in [-0.25, -0.2) is 4.98 Å². The molecule has 2 fully saturated rings. The van der Waals surface area contributed by atoms with E-state index in [1.54, 1.807) is 11.3 Å². The van der Waals surface area contributed by atoms with E-state index in [2.05, 4.69) is 22.5 Å². The van der Waals surface area contributed by atoms with Gasteiger partial charge >= 0.3 is 0 Å². The van der Waals surface area contributed by atoms with Crippen molar-refractivity contribution in [2.45, 2.75) is 51.7 Å². The Hall–Kier alpha value is -0.450. The summed E-state index contributed by atoms with van der Waals surface area (Å²) >= 11 is 1.80. The molecule has 2 heterocycles. The first-order valence-electron chi connectivity index (χ1n) is 7.23. The summed E-state index contributed by atoms with van der Waals surface area (Å²) in [4.78, 5) is 7.39. The molecule has 0 radical (unpaired) electrons. The van der Waals surface area contributed by atoms with Gasteiger partial charge in [-0.15, -0.1) is 11.3 Å². The molecule has 2 aliphatic rings. The summed E-state index contributed by atoms with van der Waals surface area (Å²) in [6.07, 6.45) is 5.51. The van der Waals surface area contributed by atoms with Crippen molar-refractivity contribution >= 4 is 11.3 Å². The zero-order chi connectivity index (χ0) is 12.4. The van der Waals surface area contributed by atoms with Crippen LogP contribution in [-0.4, -0.2) is 29.0 Å². The van der Waals surface area contributed by atoms with Crippen molar-refractivity contribution in [1.82, 2.24) is 15.2 Å². The number of thiazole rings is 1. The Bertz CT molecular complexity index is 390. The van der Waals surface area contributed by atoms with Crippen LogP contribution in [-0.2, 0) is 13.1 Å². The molecule has 1 saturated carbocycles. The van der Waals surface area contributed by atoms with Crippen molar-refractivity contribution in [2.24, 2.45) is 5.92 Å². The first kappa shape index (κ1) is 12.6. The molecule has 0 aromatic carbocycles. The van der Waals surface area contributed by atoms with Gasteiger partial charge in [0.1, 0.15) is 5.01 Å². The fraction of sp³-hybridized carbons (Fsp3) is 0.786. The summed E-state index contributed by atoms with van der Waals surface area (Å²) in [7, 11) is 0. The van der Waals surface area contributed by atoms with Gasteiger partial charge in [-0.2, -0.15) is 0 Å². The van der Waals surface area contributed by atoms with Crippen LogP contribution in [0.5, 0.6) is 0 Å². The van der Waals surface area contributed by atoms with Gasteiger partial charge in [-0.3, -0.25) is 4.90 Å². The number of nitrogens with one attached hydrogen (secondary N) is 1. The lowest BCUT2D eigenvalue weighted by molar-refractivity contribution is 0.203. The second-order valence-corrected chi connectivity index (χ2v) is 6.61. The fourth-order valence-electron chi connectivity index (χ4n) is 3.30. The number of hydrogen-bond acceptors (Lipinski definition) is 4. The van der Waals surface area contributed by atoms with Crippen LogP contribution in [0.1, 0.15) is 43.3 Å². The molecule has 1 aliphatic heterocycles. The molecule has 3 rings (SSSR count). The van der Waals surface area contributed by atoms with Gasteiger partial charge in [0.2, 0.25) is 0 Å². The van der Waals surface area contributed by atoms with Gasteiger partial charge in [0.15, 0.2) is 0 Å². The molecule has 1 aliphatic carbocycles. The molecular weight excluding hydrogens is 242 g/mol. The van der Waals surface area contributed by atoms with E-state index in [9.17, 15) is 0 Å². The van der Waals surface area contributed by atoms with Crippen molar-refractivity contribution in [3.8, 4) is 0 Å². The second kappa shape index (κ2) is 5.68. The summed E-state index contributed by atoms with van der Waals surface area (Å²) in [6.45, 7) is 6.61. The SMILES string of the molecule is CCCNCc1nc(CN2CC3CCC2C3)cs1. The lowest BCUT2D eigenvalue weighted by Crippen LogP contribution is -2.31. The molecule has 3 nitrogen and oxygen atoms in total. The molecule has 4 heteroatoms. The third-order valence-corrected chi connectivity index (χ3v) is 5.09. The molecular formula is C14H23N3S. The van der Waals surface area contributed by atoms with Crippen molar-refractivity contribution in [2.75, 3.05) is 13.1 Å². The van der Waals surface area contributed by atoms with E-state index < -0.39 is 0 Å². The van der Waals surface area contributed by atoms with Crippen molar-refractivity contribution in [3.63, 3.8) is 0 Å². The van der Waals surface area contributed by atoms with E-state index in [0.29, 0.717) is 0 Å². The van der Waals surface area contributed by atoms with Gasteiger partial charge in [-0.1, -0.05) is 6.92 Å². The van der Waals surface area contributed by atoms with E-state index in [1.165, 1.54) is 42.9 Å². The molecule has 1 aromatic rings. The van der Waals surface area contributed by atoms with Crippen LogP contribution in [0.3, 0.4) is 0 Å². The summed E-state index contributed by atoms with van der Waals surface area (Å²) in [6, 6.07) is 0.860. The van der Waals surface area contributed by atoms with E-state index in [-0.39, 0.29) is 0 Å². The van der Waals surface area contributed by atoms with E-state index >= 15 is 0 Å². The van der Waals surface area contributed by atoms with Crippen LogP contribution in [0.4, 0.5) is 0 Å². The number of rotatable bonds is 6. The molecule has 100 valence electrons. The molecule has 2 unspecified atom stereocenters. The highest BCUT2D eigenvalue weighted by Crippen LogP contribution is 2.38. The standard InChI is InChI=1S/C14H23N3S/c1-2-5-15-7-14-16-12(10-18-14)9-17-8-11-3-4-13(17)6-11/h10-11,13,15H,2-9H2,1H3. The predicted octanol–water partition coefficient (Wildman–Crippen LogP) is 2.63. The third kappa shape index (κ3) is 2.76. The average molecular weight is 265 g/mol. The number of fused-ring (bicyclic) bond motifs is 2. The van der Waals surface area contributed by atoms with Crippen LogP contribution >= 0.6 is 11.3 Å². The van der Waals surface area contributed by atoms with Crippen LogP contribution in [0, 0.1) is 5.92 Å². The van der Waals surface area contributed by atoms with Crippen molar-refractivity contribution < 1.29 is 0 Å². The summed E-state index contributed by atoms with van der Waals surface area (Å²) < 4.78 is 0. The summed E-state index contributed by atoms with van der Waals surface area (Å²) in [5.74, 6) is 0.985. The first-order chi connectivity index (χ1) is 8.85. The van der Waals surface area contributed by atoms with Gasteiger partial charge in [-0.05, 0) is 38.1 Å². The number of hydrogen-bond donors (Lipinski definition) is 1. The minimum Gasteiger partial charge on any atom is -0.310 e. The van der Waals surface area contributed by atoms with E-state index in [4.69, 9.17) is 4.98 Å². The predicted molar refractivity (Wildman–Crippen MR) is 75.7 cm³/mol. The minimum absolute atomic E-state index is 0.860. The average Bonchev–Trinajstić information content (AvgIpc) is 3.06. The Labute approximate surface area is 114 Å². The Morgan fingerprint density at radius 3 is 3.17 bits per heavy atom. The van der Waals surface area contributed by atoms with Crippen LogP contribution in [0.25, 0.3) is 0 Å². The smallest absolute Gasteiger partial charge is 0.107 e. The van der Waals surface area contributed by atoms with E-state index in [1.807, 2.05) is 0 Å². The molecule has 0 amide bonds. The Kier molecular flexibility index (Phi) is 3.97. The zero-order valence-corrected chi connectivity index (χ0v) is 12.0. The number of likely N-dealkylation sites (tertiary alicyclic amines) is 1. The number of piperidine rings is 1. The molecule has 1 N–H and O–H groups in total. The monoisotopic (exact) mass is 265 g/mol. The first-order valence-corrected chi connectivity index (χ1v) is 8.11. The highest BCUT2D eigenvalue weighted by atomic mass is 32.1. The summed E-state index contributed by atoms with van der Waals surface area (Å²) in [5.41, 5.74) is 1.28. The van der Waals surface area contributed by atoms with Crippen molar-refractivity contribution in [1.29, 1.82) is 0 Å². The fourth-order valence-corrected chi connectivity index (χ4v) is 4.06. The third-order valence-electron chi connectivity index (χ3n) is 4.19. The van der Waals surface area contributed by atoms with Gasteiger partial charge in [0.05, 0.1) is 5.69 Å². The maximum Gasteiger partial charge on any atom is 0.107 e. The molecule has 0 spiro atoms. The zero-order valence-electron chi connectivity index (χ0n) is 11.2. The molecule has 2 bridgehead atoms. The highest BCUT2D eigenvalue weighted by molar-refractivity contribution is 7.09. The van der Waals surface area contributed by atoms with Crippen LogP contribution in [0.15, 0.2) is 5.38 Å². The lowest BCUT2D eigenvalue weighted by atomic mass is 10.1. The normalized spacial score (nSPS) is 27.2. The number of nitrogens with zero attached hydrogens (tertiary/aromatic N) is 2. The maximum absolute atomic E-state index is 4.74. The van der Waals surface area contributed by atoms with Crippen LogP contribution in [0.2, 0.25) is 0 Å². The molecule has 1 aromatic heterocycles.